The average molecular weight is 285 g/mol. The molecule has 0 aromatic heterocycles. The molecule has 21 heavy (non-hydrogen) atoms. The average Bonchev–Trinajstić information content (AvgIpc) is 3.07. The van der Waals surface area contributed by atoms with Crippen LogP contribution in [-0.2, 0) is 14.3 Å². The van der Waals surface area contributed by atoms with Crippen LogP contribution in [0.4, 0.5) is 5.69 Å². The van der Waals surface area contributed by atoms with Gasteiger partial charge in [-0.1, -0.05) is 24.3 Å². The fraction of sp³-hybridized carbons (Fsp3) is 0.375. The van der Waals surface area contributed by atoms with Crippen molar-refractivity contribution in [1.29, 1.82) is 0 Å². The topological polar surface area (TPSA) is 66.8 Å². The van der Waals surface area contributed by atoms with Crippen LogP contribution in [0.25, 0.3) is 0 Å². The van der Waals surface area contributed by atoms with Crippen molar-refractivity contribution in [2.24, 2.45) is 11.8 Å². The number of carbonyl (C=O) groups excluding carboxylic acids is 1. The van der Waals surface area contributed by atoms with E-state index in [4.69, 9.17) is 4.74 Å². The van der Waals surface area contributed by atoms with Crippen molar-refractivity contribution < 1.29 is 19.4 Å². The van der Waals surface area contributed by atoms with Crippen molar-refractivity contribution in [1.82, 2.24) is 0 Å². The molecule has 2 saturated heterocycles. The molecule has 0 unspecified atom stereocenters. The van der Waals surface area contributed by atoms with Gasteiger partial charge in [-0.2, -0.15) is 0 Å². The first-order valence-corrected chi connectivity index (χ1v) is 7.00. The monoisotopic (exact) mass is 285 g/mol. The first kappa shape index (κ1) is 12.6. The zero-order valence-corrected chi connectivity index (χ0v) is 11.5. The van der Waals surface area contributed by atoms with E-state index >= 15 is 0 Å². The summed E-state index contributed by atoms with van der Waals surface area (Å²) in [6, 6.07) is 7.66. The van der Waals surface area contributed by atoms with E-state index in [2.05, 4.69) is 0 Å². The van der Waals surface area contributed by atoms with Gasteiger partial charge in [0.15, 0.2) is 0 Å². The molecule has 2 fully saturated rings. The molecule has 1 amide bonds. The molecule has 3 aliphatic heterocycles. The highest BCUT2D eigenvalue weighted by Gasteiger charge is 2.67. The number of hydrogen-bond acceptors (Lipinski definition) is 3. The van der Waals surface area contributed by atoms with Gasteiger partial charge >= 0.3 is 5.97 Å². The maximum Gasteiger partial charge on any atom is 0.310 e. The first-order chi connectivity index (χ1) is 10.0. The molecule has 5 heteroatoms. The fourth-order valence-electron chi connectivity index (χ4n) is 3.79. The van der Waals surface area contributed by atoms with E-state index in [0.29, 0.717) is 6.54 Å². The smallest absolute Gasteiger partial charge is 0.310 e. The van der Waals surface area contributed by atoms with Crippen LogP contribution >= 0.6 is 0 Å². The number of ether oxygens (including phenoxy) is 1. The summed E-state index contributed by atoms with van der Waals surface area (Å²) in [6.45, 7) is 2.35. The number of benzene rings is 1. The van der Waals surface area contributed by atoms with Crippen LogP contribution in [0.3, 0.4) is 0 Å². The van der Waals surface area contributed by atoms with E-state index in [0.717, 1.165) is 11.3 Å². The number of aliphatic carboxylic acids is 1. The molecular formula is C16H15NO4. The second-order valence-electron chi connectivity index (χ2n) is 6.00. The Bertz CT molecular complexity index is 683. The predicted molar refractivity (Wildman–Crippen MR) is 74.9 cm³/mol. The summed E-state index contributed by atoms with van der Waals surface area (Å²) >= 11 is 0. The Hall–Kier alpha value is -2.14. The Morgan fingerprint density at radius 2 is 2.29 bits per heavy atom. The Balaban J connectivity index is 1.75. The lowest BCUT2D eigenvalue weighted by molar-refractivity contribution is -0.146. The summed E-state index contributed by atoms with van der Waals surface area (Å²) in [4.78, 5) is 25.9. The summed E-state index contributed by atoms with van der Waals surface area (Å²) in [6.07, 6.45) is 3.17. The number of anilines is 1. The van der Waals surface area contributed by atoms with Crippen molar-refractivity contribution in [3.63, 3.8) is 0 Å². The number of nitrogens with zero attached hydrogens (tertiary/aromatic N) is 1. The molecule has 1 N–H and O–H groups in total. The number of aryl methyl sites for hydroxylation is 1. The summed E-state index contributed by atoms with van der Waals surface area (Å²) in [5, 5.41) is 9.41. The van der Waals surface area contributed by atoms with Crippen LogP contribution in [0.1, 0.15) is 5.56 Å². The quantitative estimate of drug-likeness (QED) is 0.833. The van der Waals surface area contributed by atoms with Crippen molar-refractivity contribution >= 4 is 17.6 Å². The maximum atomic E-state index is 12.7. The van der Waals surface area contributed by atoms with Crippen LogP contribution in [-0.4, -0.2) is 35.2 Å². The largest absolute Gasteiger partial charge is 0.481 e. The van der Waals surface area contributed by atoms with Gasteiger partial charge in [-0.15, -0.1) is 0 Å². The lowest BCUT2D eigenvalue weighted by Gasteiger charge is -2.21. The number of carboxylic acid groups (broad SMARTS) is 1. The summed E-state index contributed by atoms with van der Waals surface area (Å²) in [7, 11) is 0. The molecule has 1 aromatic rings. The van der Waals surface area contributed by atoms with Gasteiger partial charge in [0, 0.05) is 5.69 Å². The van der Waals surface area contributed by atoms with Crippen LogP contribution < -0.4 is 4.90 Å². The fourth-order valence-corrected chi connectivity index (χ4v) is 3.79. The highest BCUT2D eigenvalue weighted by molar-refractivity contribution is 6.02. The van der Waals surface area contributed by atoms with Crippen LogP contribution in [0.2, 0.25) is 0 Å². The second-order valence-corrected chi connectivity index (χ2v) is 6.00. The van der Waals surface area contributed by atoms with E-state index in [-0.39, 0.29) is 5.91 Å². The Morgan fingerprint density at radius 1 is 1.48 bits per heavy atom. The van der Waals surface area contributed by atoms with Crippen LogP contribution in [0.15, 0.2) is 36.4 Å². The van der Waals surface area contributed by atoms with Gasteiger partial charge in [0.1, 0.15) is 11.5 Å². The molecule has 1 aromatic carbocycles. The SMILES string of the molecule is Cc1cccc(N2C[C@@]34C=C[C@@H](O3)[C@H](C(=O)O)[C@H]4C2=O)c1. The third-order valence-corrected chi connectivity index (χ3v) is 4.70. The van der Waals surface area contributed by atoms with Crippen molar-refractivity contribution in [2.45, 2.75) is 18.6 Å². The highest BCUT2D eigenvalue weighted by atomic mass is 16.5. The van der Waals surface area contributed by atoms with Gasteiger partial charge in [-0.3, -0.25) is 9.59 Å². The molecule has 5 nitrogen and oxygen atoms in total. The van der Waals surface area contributed by atoms with Crippen LogP contribution in [0.5, 0.6) is 0 Å². The lowest BCUT2D eigenvalue weighted by Crippen LogP contribution is -2.39. The van der Waals surface area contributed by atoms with Gasteiger partial charge < -0.3 is 14.7 Å². The van der Waals surface area contributed by atoms with Gasteiger partial charge in [0.2, 0.25) is 5.91 Å². The Morgan fingerprint density at radius 3 is 3.00 bits per heavy atom. The number of hydrogen-bond donors (Lipinski definition) is 1. The first-order valence-electron chi connectivity index (χ1n) is 7.00. The van der Waals surface area contributed by atoms with E-state index in [1.165, 1.54) is 0 Å². The normalized spacial score (nSPS) is 36.3. The van der Waals surface area contributed by atoms with E-state index < -0.39 is 29.5 Å². The summed E-state index contributed by atoms with van der Waals surface area (Å²) in [5.41, 5.74) is 1.09. The second kappa shape index (κ2) is 3.95. The number of rotatable bonds is 2. The minimum atomic E-state index is -0.962. The molecule has 4 rings (SSSR count). The Labute approximate surface area is 121 Å². The molecular weight excluding hydrogens is 270 g/mol. The maximum absolute atomic E-state index is 12.7. The molecule has 0 saturated carbocycles. The Kier molecular flexibility index (Phi) is 2.37. The molecule has 1 spiro atoms. The number of carbonyl (C=O) groups is 2. The standard InChI is InChI=1S/C16H15NO4/c1-9-3-2-4-10(7-9)17-8-16-6-5-11(21-16)12(15(19)20)13(16)14(17)18/h2-7,11-13H,8H2,1H3,(H,19,20)/t11-,12+,13+,16-/m1/s1. The summed E-state index contributed by atoms with van der Waals surface area (Å²) < 4.78 is 5.86. The van der Waals surface area contributed by atoms with E-state index in [1.54, 1.807) is 11.0 Å². The third kappa shape index (κ3) is 1.55. The van der Waals surface area contributed by atoms with Crippen molar-refractivity contribution in [3.8, 4) is 0 Å². The van der Waals surface area contributed by atoms with Gasteiger partial charge in [0.25, 0.3) is 0 Å². The zero-order valence-electron chi connectivity index (χ0n) is 11.5. The molecule has 108 valence electrons. The number of fused-ring (bicyclic) bond motifs is 1. The van der Waals surface area contributed by atoms with Gasteiger partial charge in [-0.25, -0.2) is 0 Å². The molecule has 3 aliphatic rings. The lowest BCUT2D eigenvalue weighted by atomic mass is 9.77. The molecule has 3 heterocycles. The number of amides is 1. The minimum Gasteiger partial charge on any atom is -0.481 e. The van der Waals surface area contributed by atoms with Crippen molar-refractivity contribution in [3.05, 3.63) is 42.0 Å². The summed E-state index contributed by atoms with van der Waals surface area (Å²) in [5.74, 6) is -2.52. The number of carboxylic acids is 1. The van der Waals surface area contributed by atoms with E-state index in [1.807, 2.05) is 37.3 Å². The van der Waals surface area contributed by atoms with Gasteiger partial charge in [-0.05, 0) is 24.6 Å². The third-order valence-electron chi connectivity index (χ3n) is 4.70. The minimum absolute atomic E-state index is 0.153. The predicted octanol–water partition coefficient (Wildman–Crippen LogP) is 1.37. The molecule has 2 bridgehead atoms. The van der Waals surface area contributed by atoms with Gasteiger partial charge in [0.05, 0.1) is 18.6 Å². The van der Waals surface area contributed by atoms with E-state index in [9.17, 15) is 14.7 Å². The molecule has 0 radical (unpaired) electrons. The molecule has 0 aliphatic carbocycles. The van der Waals surface area contributed by atoms with Crippen LogP contribution in [0, 0.1) is 18.8 Å². The highest BCUT2D eigenvalue weighted by Crippen LogP contribution is 2.52. The zero-order chi connectivity index (χ0) is 14.8. The van der Waals surface area contributed by atoms with Crippen molar-refractivity contribution in [2.75, 3.05) is 11.4 Å². The molecule has 4 atom stereocenters.